The van der Waals surface area contributed by atoms with Crippen molar-refractivity contribution in [1.29, 1.82) is 0 Å². The molecular weight excluding hydrogens is 172 g/mol. The first-order valence-corrected chi connectivity index (χ1v) is 6.07. The fourth-order valence-electron chi connectivity index (χ4n) is 2.88. The maximum absolute atomic E-state index is 2.66. The van der Waals surface area contributed by atoms with Crippen LogP contribution in [0.4, 0.5) is 0 Å². The topological polar surface area (TPSA) is 6.48 Å². The summed E-state index contributed by atoms with van der Waals surface area (Å²) in [6.45, 7) is 8.43. The van der Waals surface area contributed by atoms with E-state index >= 15 is 0 Å². The highest BCUT2D eigenvalue weighted by atomic mass is 15.2. The lowest BCUT2D eigenvalue weighted by molar-refractivity contribution is 0.0789. The molecule has 0 saturated carbocycles. The lowest BCUT2D eigenvalue weighted by atomic mass is 9.87. The zero-order valence-electron chi connectivity index (χ0n) is 10.3. The van der Waals surface area contributed by atoms with Crippen molar-refractivity contribution in [2.45, 2.75) is 39.2 Å². The van der Waals surface area contributed by atoms with Crippen molar-refractivity contribution >= 4 is 0 Å². The smallest absolute Gasteiger partial charge is 0.0133 e. The second-order valence-corrected chi connectivity index (χ2v) is 4.77. The molecule has 0 aromatic rings. The van der Waals surface area contributed by atoms with Crippen LogP contribution >= 0.6 is 0 Å². The second-order valence-electron chi connectivity index (χ2n) is 4.77. The van der Waals surface area contributed by atoms with Crippen molar-refractivity contribution in [2.24, 2.45) is 5.92 Å². The van der Waals surface area contributed by atoms with E-state index in [0.29, 0.717) is 0 Å². The third-order valence-corrected chi connectivity index (χ3v) is 3.46. The largest absolute Gasteiger partial charge is 0.309 e. The van der Waals surface area contributed by atoms with E-state index in [2.05, 4.69) is 37.7 Å². The Labute approximate surface area is 89.3 Å². The molecule has 2 nitrogen and oxygen atoms in total. The Morgan fingerprint density at radius 1 is 1.29 bits per heavy atom. The maximum Gasteiger partial charge on any atom is 0.0133 e. The zero-order valence-corrected chi connectivity index (χ0v) is 10.3. The van der Waals surface area contributed by atoms with Gasteiger partial charge in [0.15, 0.2) is 0 Å². The van der Waals surface area contributed by atoms with Crippen molar-refractivity contribution in [1.82, 2.24) is 9.80 Å². The lowest BCUT2D eigenvalue weighted by Crippen LogP contribution is -2.47. The number of rotatable bonds is 4. The summed E-state index contributed by atoms with van der Waals surface area (Å²) in [5.74, 6) is 0.892. The summed E-state index contributed by atoms with van der Waals surface area (Å²) in [7, 11) is 4.38. The van der Waals surface area contributed by atoms with Gasteiger partial charge in [0.1, 0.15) is 0 Å². The SMILES string of the molecule is CCC1C(CN(C)C)CCCN1CC. The maximum atomic E-state index is 2.66. The molecule has 1 rings (SSSR count). The quantitative estimate of drug-likeness (QED) is 0.682. The molecule has 14 heavy (non-hydrogen) atoms. The highest BCUT2D eigenvalue weighted by Gasteiger charge is 2.28. The number of hydrogen-bond donors (Lipinski definition) is 0. The summed E-state index contributed by atoms with van der Waals surface area (Å²) < 4.78 is 0. The number of nitrogens with zero attached hydrogens (tertiary/aromatic N) is 2. The van der Waals surface area contributed by atoms with Crippen LogP contribution in [-0.4, -0.2) is 49.6 Å². The van der Waals surface area contributed by atoms with Gasteiger partial charge in [0.2, 0.25) is 0 Å². The van der Waals surface area contributed by atoms with Gasteiger partial charge >= 0.3 is 0 Å². The van der Waals surface area contributed by atoms with Gasteiger partial charge in [0, 0.05) is 12.6 Å². The van der Waals surface area contributed by atoms with Crippen molar-refractivity contribution in [3.05, 3.63) is 0 Å². The molecule has 0 radical (unpaired) electrons. The van der Waals surface area contributed by atoms with Crippen LogP contribution in [0.3, 0.4) is 0 Å². The third-order valence-electron chi connectivity index (χ3n) is 3.46. The van der Waals surface area contributed by atoms with Crippen molar-refractivity contribution < 1.29 is 0 Å². The average Bonchev–Trinajstić information content (AvgIpc) is 2.16. The average molecular weight is 198 g/mol. The summed E-state index contributed by atoms with van der Waals surface area (Å²) in [6.07, 6.45) is 4.13. The van der Waals surface area contributed by atoms with Gasteiger partial charge in [-0.2, -0.15) is 0 Å². The van der Waals surface area contributed by atoms with Crippen LogP contribution in [0.5, 0.6) is 0 Å². The summed E-state index contributed by atoms with van der Waals surface area (Å²) in [4.78, 5) is 5.00. The summed E-state index contributed by atoms with van der Waals surface area (Å²) in [5, 5.41) is 0. The van der Waals surface area contributed by atoms with Crippen molar-refractivity contribution in [3.8, 4) is 0 Å². The molecule has 2 heteroatoms. The van der Waals surface area contributed by atoms with E-state index in [1.165, 1.54) is 38.9 Å². The first-order chi connectivity index (χ1) is 6.69. The Hall–Kier alpha value is -0.0800. The Morgan fingerprint density at radius 3 is 2.50 bits per heavy atom. The predicted molar refractivity (Wildman–Crippen MR) is 62.6 cm³/mol. The first kappa shape index (κ1) is 12.0. The van der Waals surface area contributed by atoms with E-state index in [-0.39, 0.29) is 0 Å². The Bertz CT molecular complexity index is 156. The predicted octanol–water partition coefficient (Wildman–Crippen LogP) is 2.06. The molecule has 84 valence electrons. The van der Waals surface area contributed by atoms with E-state index in [1.807, 2.05) is 0 Å². The van der Waals surface area contributed by atoms with Crippen LogP contribution in [-0.2, 0) is 0 Å². The summed E-state index contributed by atoms with van der Waals surface area (Å²) >= 11 is 0. The fraction of sp³-hybridized carbons (Fsp3) is 1.00. The minimum absolute atomic E-state index is 0.830. The molecule has 2 unspecified atom stereocenters. The molecule has 1 heterocycles. The standard InChI is InChI=1S/C12H26N2/c1-5-12-11(10-13(3)4)8-7-9-14(12)6-2/h11-12H,5-10H2,1-4H3. The number of piperidine rings is 1. The van der Waals surface area contributed by atoms with Gasteiger partial charge in [-0.1, -0.05) is 13.8 Å². The van der Waals surface area contributed by atoms with Gasteiger partial charge in [0.25, 0.3) is 0 Å². The molecule has 0 bridgehead atoms. The van der Waals surface area contributed by atoms with Crippen LogP contribution in [0.15, 0.2) is 0 Å². The summed E-state index contributed by atoms with van der Waals surface area (Å²) in [5.41, 5.74) is 0. The molecule has 0 aromatic heterocycles. The molecule has 0 N–H and O–H groups in total. The van der Waals surface area contributed by atoms with Crippen LogP contribution in [0.25, 0.3) is 0 Å². The molecule has 1 saturated heterocycles. The highest BCUT2D eigenvalue weighted by molar-refractivity contribution is 4.83. The molecule has 0 amide bonds. The van der Waals surface area contributed by atoms with Gasteiger partial charge in [-0.3, -0.25) is 0 Å². The second kappa shape index (κ2) is 5.72. The Morgan fingerprint density at radius 2 is 2.00 bits per heavy atom. The van der Waals surface area contributed by atoms with Gasteiger partial charge in [-0.05, 0) is 52.4 Å². The van der Waals surface area contributed by atoms with Crippen LogP contribution in [0.2, 0.25) is 0 Å². The molecule has 1 aliphatic heterocycles. The zero-order chi connectivity index (χ0) is 10.6. The van der Waals surface area contributed by atoms with Crippen LogP contribution < -0.4 is 0 Å². The van der Waals surface area contributed by atoms with E-state index in [1.54, 1.807) is 0 Å². The Balaban J connectivity index is 2.54. The number of hydrogen-bond acceptors (Lipinski definition) is 2. The van der Waals surface area contributed by atoms with Crippen molar-refractivity contribution in [3.63, 3.8) is 0 Å². The van der Waals surface area contributed by atoms with E-state index < -0.39 is 0 Å². The molecule has 0 aliphatic carbocycles. The normalized spacial score (nSPS) is 29.8. The van der Waals surface area contributed by atoms with Gasteiger partial charge < -0.3 is 9.80 Å². The molecule has 0 spiro atoms. The fourth-order valence-corrected chi connectivity index (χ4v) is 2.88. The van der Waals surface area contributed by atoms with Crippen LogP contribution in [0.1, 0.15) is 33.1 Å². The first-order valence-electron chi connectivity index (χ1n) is 6.07. The van der Waals surface area contributed by atoms with Gasteiger partial charge in [0.05, 0.1) is 0 Å². The highest BCUT2D eigenvalue weighted by Crippen LogP contribution is 2.25. The van der Waals surface area contributed by atoms with Gasteiger partial charge in [-0.15, -0.1) is 0 Å². The molecule has 2 atom stereocenters. The van der Waals surface area contributed by atoms with E-state index in [4.69, 9.17) is 0 Å². The summed E-state index contributed by atoms with van der Waals surface area (Å²) in [6, 6.07) is 0.830. The third kappa shape index (κ3) is 2.96. The van der Waals surface area contributed by atoms with Gasteiger partial charge in [-0.25, -0.2) is 0 Å². The monoisotopic (exact) mass is 198 g/mol. The number of likely N-dealkylation sites (tertiary alicyclic amines) is 1. The molecule has 0 aromatic carbocycles. The minimum atomic E-state index is 0.830. The van der Waals surface area contributed by atoms with E-state index in [9.17, 15) is 0 Å². The van der Waals surface area contributed by atoms with Crippen LogP contribution in [0, 0.1) is 5.92 Å². The molecule has 1 fully saturated rings. The Kier molecular flexibility index (Phi) is 4.90. The van der Waals surface area contributed by atoms with Crippen molar-refractivity contribution in [2.75, 3.05) is 33.7 Å². The lowest BCUT2D eigenvalue weighted by Gasteiger charge is -2.41. The molecule has 1 aliphatic rings. The minimum Gasteiger partial charge on any atom is -0.309 e. The molecular formula is C12H26N2. The van der Waals surface area contributed by atoms with E-state index in [0.717, 1.165) is 12.0 Å².